The summed E-state index contributed by atoms with van der Waals surface area (Å²) in [5.74, 6) is 1.17. The minimum atomic E-state index is 0.883. The molecule has 0 unspecified atom stereocenters. The zero-order valence-corrected chi connectivity index (χ0v) is 15.5. The smallest absolute Gasteiger partial charge is 0.109 e. The van der Waals surface area contributed by atoms with Gasteiger partial charge in [-0.1, -0.05) is 12.1 Å². The molecule has 0 atom stereocenters. The molecule has 2 aromatic rings. The third kappa shape index (κ3) is 3.79. The molecule has 1 aromatic heterocycles. The molecule has 1 aromatic carbocycles. The van der Waals surface area contributed by atoms with Gasteiger partial charge >= 0.3 is 0 Å². The molecule has 24 heavy (non-hydrogen) atoms. The van der Waals surface area contributed by atoms with Crippen LogP contribution in [-0.4, -0.2) is 37.4 Å². The average molecular weight is 343 g/mol. The Morgan fingerprint density at radius 3 is 2.96 bits per heavy atom. The second kappa shape index (κ2) is 7.81. The van der Waals surface area contributed by atoms with E-state index in [2.05, 4.69) is 59.7 Å². The fourth-order valence-corrected chi connectivity index (χ4v) is 4.00. The van der Waals surface area contributed by atoms with Crippen molar-refractivity contribution in [3.8, 4) is 0 Å². The number of rotatable bonds is 5. The molecule has 1 aliphatic rings. The predicted octanol–water partition coefficient (Wildman–Crippen LogP) is 4.32. The molecule has 128 valence electrons. The second-order valence-electron chi connectivity index (χ2n) is 6.10. The highest BCUT2D eigenvalue weighted by Crippen LogP contribution is 2.37. The maximum atomic E-state index is 5.02. The molecule has 3 rings (SSSR count). The largest absolute Gasteiger partial charge is 0.360 e. The van der Waals surface area contributed by atoms with Gasteiger partial charge in [0.15, 0.2) is 0 Å². The number of aryl methyl sites for hydroxylation is 1. The van der Waals surface area contributed by atoms with Crippen LogP contribution in [0.1, 0.15) is 23.8 Å². The Kier molecular flexibility index (Phi) is 5.53. The number of nitrogens with zero attached hydrogens (tertiary/aromatic N) is 2. The van der Waals surface area contributed by atoms with Crippen molar-refractivity contribution < 1.29 is 0 Å². The summed E-state index contributed by atoms with van der Waals surface area (Å²) in [5.41, 5.74) is 3.46. The Hall–Kier alpha value is -1.85. The lowest BCUT2D eigenvalue weighted by Crippen LogP contribution is -2.34. The number of aliphatic imine (C=N–C) groups is 1. The van der Waals surface area contributed by atoms with Crippen LogP contribution in [0.4, 0.5) is 16.4 Å². The molecule has 0 saturated carbocycles. The number of likely N-dealkylation sites (N-methyl/N-ethyl adjacent to an activating group) is 1. The van der Waals surface area contributed by atoms with E-state index < -0.39 is 0 Å². The van der Waals surface area contributed by atoms with Crippen LogP contribution >= 0.6 is 11.3 Å². The molecule has 0 saturated heterocycles. The van der Waals surface area contributed by atoms with Gasteiger partial charge in [-0.05, 0) is 57.6 Å². The first-order valence-corrected chi connectivity index (χ1v) is 9.45. The Labute approximate surface area is 148 Å². The fourth-order valence-electron chi connectivity index (χ4n) is 3.05. The van der Waals surface area contributed by atoms with Gasteiger partial charge < -0.3 is 15.5 Å². The number of para-hydroxylation sites is 2. The minimum Gasteiger partial charge on any atom is -0.360 e. The third-order valence-corrected chi connectivity index (χ3v) is 5.29. The first-order valence-electron chi connectivity index (χ1n) is 8.63. The first-order chi connectivity index (χ1) is 11.7. The average Bonchev–Trinajstić information content (AvgIpc) is 2.90. The molecule has 5 heteroatoms. The standard InChI is InChI=1S/C19H26N4S/c1-4-23(11-7-10-20-3)18-13-15-12-14(2)24-19(15)22-17-9-6-5-8-16(17)21-18/h5-6,8-9,12,20,22H,4,7,10-11,13H2,1-3H3. The fraction of sp³-hybridized carbons (Fsp3) is 0.421. The minimum absolute atomic E-state index is 0.883. The van der Waals surface area contributed by atoms with E-state index in [9.17, 15) is 0 Å². The van der Waals surface area contributed by atoms with Crippen molar-refractivity contribution in [2.45, 2.75) is 26.7 Å². The van der Waals surface area contributed by atoms with E-state index in [0.29, 0.717) is 0 Å². The van der Waals surface area contributed by atoms with Gasteiger partial charge in [0.25, 0.3) is 0 Å². The van der Waals surface area contributed by atoms with Crippen LogP contribution in [0.2, 0.25) is 0 Å². The highest BCUT2D eigenvalue weighted by molar-refractivity contribution is 7.16. The molecule has 0 amide bonds. The molecule has 4 nitrogen and oxygen atoms in total. The number of thiophene rings is 1. The van der Waals surface area contributed by atoms with E-state index >= 15 is 0 Å². The maximum absolute atomic E-state index is 5.02. The van der Waals surface area contributed by atoms with Gasteiger partial charge in [-0.25, -0.2) is 4.99 Å². The summed E-state index contributed by atoms with van der Waals surface area (Å²) in [6, 6.07) is 10.6. The third-order valence-electron chi connectivity index (χ3n) is 4.28. The molecule has 0 bridgehead atoms. The summed E-state index contributed by atoms with van der Waals surface area (Å²) in [7, 11) is 2.01. The Bertz CT molecular complexity index is 720. The van der Waals surface area contributed by atoms with E-state index in [0.717, 1.165) is 43.9 Å². The normalized spacial score (nSPS) is 13.2. The molecule has 0 radical (unpaired) electrons. The second-order valence-corrected chi connectivity index (χ2v) is 7.35. The summed E-state index contributed by atoms with van der Waals surface area (Å²) in [6.07, 6.45) is 2.01. The van der Waals surface area contributed by atoms with E-state index in [1.807, 2.05) is 18.4 Å². The van der Waals surface area contributed by atoms with Gasteiger partial charge in [0.2, 0.25) is 0 Å². The number of hydrogen-bond donors (Lipinski definition) is 2. The highest BCUT2D eigenvalue weighted by Gasteiger charge is 2.18. The van der Waals surface area contributed by atoms with Crippen molar-refractivity contribution in [2.24, 2.45) is 4.99 Å². The highest BCUT2D eigenvalue weighted by atomic mass is 32.1. The maximum Gasteiger partial charge on any atom is 0.109 e. The Morgan fingerprint density at radius 2 is 2.17 bits per heavy atom. The quantitative estimate of drug-likeness (QED) is 0.795. The number of hydrogen-bond acceptors (Lipinski definition) is 5. The SMILES string of the molecule is CCN(CCCNC)C1=Nc2ccccc2Nc2sc(C)cc2C1. The van der Waals surface area contributed by atoms with Crippen LogP contribution in [0.15, 0.2) is 35.3 Å². The van der Waals surface area contributed by atoms with Crippen molar-refractivity contribution in [1.29, 1.82) is 0 Å². The number of nitrogens with one attached hydrogen (secondary N) is 2. The van der Waals surface area contributed by atoms with E-state index in [-0.39, 0.29) is 0 Å². The van der Waals surface area contributed by atoms with Crippen LogP contribution in [0, 0.1) is 6.92 Å². The lowest BCUT2D eigenvalue weighted by atomic mass is 10.1. The monoisotopic (exact) mass is 342 g/mol. The molecule has 2 N–H and O–H groups in total. The van der Waals surface area contributed by atoms with Crippen molar-refractivity contribution in [3.63, 3.8) is 0 Å². The van der Waals surface area contributed by atoms with Crippen LogP contribution in [0.25, 0.3) is 0 Å². The van der Waals surface area contributed by atoms with Crippen molar-refractivity contribution in [1.82, 2.24) is 10.2 Å². The summed E-state index contributed by atoms with van der Waals surface area (Å²) in [4.78, 5) is 8.77. The summed E-state index contributed by atoms with van der Waals surface area (Å²) < 4.78 is 0. The zero-order chi connectivity index (χ0) is 16.9. The molecular weight excluding hydrogens is 316 g/mol. The molecule has 0 spiro atoms. The van der Waals surface area contributed by atoms with Crippen LogP contribution in [0.5, 0.6) is 0 Å². The topological polar surface area (TPSA) is 39.7 Å². The van der Waals surface area contributed by atoms with Gasteiger partial charge in [0.05, 0.1) is 16.4 Å². The lowest BCUT2D eigenvalue weighted by molar-refractivity contribution is 0.421. The number of fused-ring (bicyclic) bond motifs is 2. The molecule has 2 heterocycles. The van der Waals surface area contributed by atoms with Crippen molar-refractivity contribution >= 4 is 33.5 Å². The van der Waals surface area contributed by atoms with Crippen LogP contribution < -0.4 is 10.6 Å². The number of benzene rings is 1. The number of amidine groups is 1. The Morgan fingerprint density at radius 1 is 1.33 bits per heavy atom. The summed E-state index contributed by atoms with van der Waals surface area (Å²) in [5, 5.41) is 8.06. The van der Waals surface area contributed by atoms with Gasteiger partial charge in [-0.3, -0.25) is 0 Å². The van der Waals surface area contributed by atoms with Gasteiger partial charge in [0, 0.05) is 24.4 Å². The Balaban J connectivity index is 1.97. The molecular formula is C19H26N4S. The predicted molar refractivity (Wildman–Crippen MR) is 105 cm³/mol. The van der Waals surface area contributed by atoms with Crippen LogP contribution in [-0.2, 0) is 6.42 Å². The van der Waals surface area contributed by atoms with Crippen molar-refractivity contribution in [2.75, 3.05) is 32.0 Å². The van der Waals surface area contributed by atoms with E-state index in [1.165, 1.54) is 21.3 Å². The van der Waals surface area contributed by atoms with E-state index in [4.69, 9.17) is 4.99 Å². The zero-order valence-electron chi connectivity index (χ0n) is 14.7. The van der Waals surface area contributed by atoms with Gasteiger partial charge in [-0.15, -0.1) is 11.3 Å². The lowest BCUT2D eigenvalue weighted by Gasteiger charge is -2.26. The summed E-state index contributed by atoms with van der Waals surface area (Å²) >= 11 is 1.82. The van der Waals surface area contributed by atoms with Crippen LogP contribution in [0.3, 0.4) is 0 Å². The first kappa shape index (κ1) is 17.0. The molecule has 0 aliphatic carbocycles. The van der Waals surface area contributed by atoms with Gasteiger partial charge in [0.1, 0.15) is 5.84 Å². The van der Waals surface area contributed by atoms with E-state index in [1.54, 1.807) is 0 Å². The number of anilines is 2. The summed E-state index contributed by atoms with van der Waals surface area (Å²) in [6.45, 7) is 7.43. The van der Waals surface area contributed by atoms with Crippen molar-refractivity contribution in [3.05, 3.63) is 40.8 Å². The molecule has 0 fully saturated rings. The molecule has 1 aliphatic heterocycles. The van der Waals surface area contributed by atoms with Gasteiger partial charge in [-0.2, -0.15) is 0 Å².